The number of anilines is 1. The summed E-state index contributed by atoms with van der Waals surface area (Å²) in [5, 5.41) is 31.4. The van der Waals surface area contributed by atoms with Crippen molar-refractivity contribution < 1.29 is 19.9 Å². The van der Waals surface area contributed by atoms with Crippen LogP contribution in [-0.4, -0.2) is 34.6 Å². The molecule has 1 rings (SSSR count). The summed E-state index contributed by atoms with van der Waals surface area (Å²) in [5.74, 6) is -1.63. The molecule has 0 aliphatic heterocycles. The SMILES string of the molecule is CNc1cc(OCC(C)(O)O)ccc1[N+](=O)[O-]. The van der Waals surface area contributed by atoms with Crippen LogP contribution in [-0.2, 0) is 0 Å². The van der Waals surface area contributed by atoms with Gasteiger partial charge in [0, 0.05) is 19.2 Å². The van der Waals surface area contributed by atoms with Gasteiger partial charge < -0.3 is 20.3 Å². The van der Waals surface area contributed by atoms with Crippen molar-refractivity contribution in [1.82, 2.24) is 0 Å². The molecule has 0 amide bonds. The molecule has 0 bridgehead atoms. The van der Waals surface area contributed by atoms with E-state index in [0.717, 1.165) is 0 Å². The van der Waals surface area contributed by atoms with E-state index in [1.54, 1.807) is 7.05 Å². The first-order chi connectivity index (χ1) is 7.83. The predicted molar refractivity (Wildman–Crippen MR) is 61.0 cm³/mol. The summed E-state index contributed by atoms with van der Waals surface area (Å²) in [6, 6.07) is 4.10. The van der Waals surface area contributed by atoms with Crippen molar-refractivity contribution in [3.05, 3.63) is 28.3 Å². The van der Waals surface area contributed by atoms with E-state index in [0.29, 0.717) is 11.4 Å². The van der Waals surface area contributed by atoms with Crippen LogP contribution in [0.5, 0.6) is 5.75 Å². The highest BCUT2D eigenvalue weighted by Crippen LogP contribution is 2.28. The Morgan fingerprint density at radius 1 is 1.53 bits per heavy atom. The fraction of sp³-hybridized carbons (Fsp3) is 0.400. The van der Waals surface area contributed by atoms with E-state index in [1.165, 1.54) is 25.1 Å². The van der Waals surface area contributed by atoms with Crippen LogP contribution in [0.15, 0.2) is 18.2 Å². The molecular formula is C10H14N2O5. The molecule has 0 radical (unpaired) electrons. The predicted octanol–water partition coefficient (Wildman–Crippen LogP) is 0.716. The number of hydrogen-bond acceptors (Lipinski definition) is 6. The minimum absolute atomic E-state index is 0.0735. The standard InChI is InChI=1S/C10H14N2O5/c1-10(13,14)6-17-7-3-4-9(12(15)16)8(5-7)11-2/h3-5,11,13-14H,6H2,1-2H3. The quantitative estimate of drug-likeness (QED) is 0.399. The fourth-order valence-electron chi connectivity index (χ4n) is 1.18. The van der Waals surface area contributed by atoms with Gasteiger partial charge in [0.2, 0.25) is 0 Å². The number of nitro benzene ring substituents is 1. The molecule has 0 unspecified atom stereocenters. The molecule has 0 saturated carbocycles. The zero-order valence-corrected chi connectivity index (χ0v) is 9.51. The van der Waals surface area contributed by atoms with Crippen LogP contribution in [0.2, 0.25) is 0 Å². The van der Waals surface area contributed by atoms with Gasteiger partial charge in [0.05, 0.1) is 4.92 Å². The fourth-order valence-corrected chi connectivity index (χ4v) is 1.18. The van der Waals surface area contributed by atoms with E-state index in [4.69, 9.17) is 14.9 Å². The van der Waals surface area contributed by atoms with Crippen molar-refractivity contribution in [3.8, 4) is 5.75 Å². The molecular weight excluding hydrogens is 228 g/mol. The molecule has 0 spiro atoms. The lowest BCUT2D eigenvalue weighted by molar-refractivity contribution is -0.384. The summed E-state index contributed by atoms with van der Waals surface area (Å²) in [6.45, 7) is 0.853. The summed E-state index contributed by atoms with van der Waals surface area (Å²) in [4.78, 5) is 10.1. The van der Waals surface area contributed by atoms with Crippen LogP contribution in [0.1, 0.15) is 6.92 Å². The van der Waals surface area contributed by atoms with Gasteiger partial charge in [0.15, 0.2) is 5.79 Å². The van der Waals surface area contributed by atoms with Gasteiger partial charge in [-0.25, -0.2) is 0 Å². The van der Waals surface area contributed by atoms with Gasteiger partial charge in [-0.15, -0.1) is 0 Å². The minimum atomic E-state index is -1.94. The first kappa shape index (κ1) is 13.2. The third-order valence-corrected chi connectivity index (χ3v) is 1.95. The molecule has 1 aromatic carbocycles. The van der Waals surface area contributed by atoms with Crippen molar-refractivity contribution in [2.75, 3.05) is 19.0 Å². The van der Waals surface area contributed by atoms with E-state index in [9.17, 15) is 10.1 Å². The molecule has 0 aliphatic rings. The molecule has 0 fully saturated rings. The zero-order valence-electron chi connectivity index (χ0n) is 9.51. The average Bonchev–Trinajstić information content (AvgIpc) is 2.24. The van der Waals surface area contributed by atoms with Crippen molar-refractivity contribution in [2.24, 2.45) is 0 Å². The van der Waals surface area contributed by atoms with E-state index in [2.05, 4.69) is 5.32 Å². The summed E-state index contributed by atoms with van der Waals surface area (Å²) < 4.78 is 5.09. The Kier molecular flexibility index (Phi) is 3.87. The Morgan fingerprint density at radius 2 is 2.18 bits per heavy atom. The molecule has 1 aromatic rings. The summed E-state index contributed by atoms with van der Waals surface area (Å²) in [5.41, 5.74) is 0.223. The smallest absolute Gasteiger partial charge is 0.292 e. The third kappa shape index (κ3) is 3.89. The monoisotopic (exact) mass is 242 g/mol. The van der Waals surface area contributed by atoms with E-state index in [1.807, 2.05) is 0 Å². The van der Waals surface area contributed by atoms with Crippen LogP contribution in [0.4, 0.5) is 11.4 Å². The molecule has 0 heterocycles. The van der Waals surface area contributed by atoms with Crippen molar-refractivity contribution in [1.29, 1.82) is 0 Å². The normalized spacial score (nSPS) is 11.1. The lowest BCUT2D eigenvalue weighted by atomic mass is 10.2. The molecule has 3 N–H and O–H groups in total. The number of nitrogens with one attached hydrogen (secondary N) is 1. The highest BCUT2D eigenvalue weighted by molar-refractivity contribution is 5.63. The molecule has 7 nitrogen and oxygen atoms in total. The van der Waals surface area contributed by atoms with Gasteiger partial charge in [0.25, 0.3) is 5.69 Å². The van der Waals surface area contributed by atoms with Crippen LogP contribution in [0, 0.1) is 10.1 Å². The van der Waals surface area contributed by atoms with Crippen LogP contribution in [0.25, 0.3) is 0 Å². The number of hydrogen-bond donors (Lipinski definition) is 3. The maximum Gasteiger partial charge on any atom is 0.292 e. The third-order valence-electron chi connectivity index (χ3n) is 1.95. The highest BCUT2D eigenvalue weighted by atomic mass is 16.6. The second-order valence-electron chi connectivity index (χ2n) is 3.69. The first-order valence-electron chi connectivity index (χ1n) is 4.87. The molecule has 0 atom stereocenters. The van der Waals surface area contributed by atoms with Gasteiger partial charge in [-0.2, -0.15) is 0 Å². The molecule has 7 heteroatoms. The van der Waals surface area contributed by atoms with Crippen molar-refractivity contribution in [2.45, 2.75) is 12.7 Å². The van der Waals surface area contributed by atoms with Gasteiger partial charge in [-0.1, -0.05) is 0 Å². The zero-order chi connectivity index (χ0) is 13.1. The number of benzene rings is 1. The first-order valence-corrected chi connectivity index (χ1v) is 4.87. The number of rotatable bonds is 5. The van der Waals surface area contributed by atoms with Crippen molar-refractivity contribution in [3.63, 3.8) is 0 Å². The summed E-state index contributed by atoms with van der Waals surface area (Å²) in [6.07, 6.45) is 0. The summed E-state index contributed by atoms with van der Waals surface area (Å²) >= 11 is 0. The van der Waals surface area contributed by atoms with E-state index in [-0.39, 0.29) is 12.3 Å². The minimum Gasteiger partial charge on any atom is -0.488 e. The van der Waals surface area contributed by atoms with Gasteiger partial charge in [-0.3, -0.25) is 10.1 Å². The van der Waals surface area contributed by atoms with Crippen molar-refractivity contribution >= 4 is 11.4 Å². The average molecular weight is 242 g/mol. The molecule has 94 valence electrons. The Bertz CT molecular complexity index is 414. The Balaban J connectivity index is 2.87. The van der Waals surface area contributed by atoms with Gasteiger partial charge >= 0.3 is 0 Å². The lowest BCUT2D eigenvalue weighted by Crippen LogP contribution is -2.31. The van der Waals surface area contributed by atoms with E-state index >= 15 is 0 Å². The van der Waals surface area contributed by atoms with Crippen LogP contribution < -0.4 is 10.1 Å². The molecule has 17 heavy (non-hydrogen) atoms. The van der Waals surface area contributed by atoms with Gasteiger partial charge in [0.1, 0.15) is 18.0 Å². The number of nitro groups is 1. The number of ether oxygens (including phenoxy) is 1. The maximum atomic E-state index is 10.7. The van der Waals surface area contributed by atoms with Crippen LogP contribution >= 0.6 is 0 Å². The Hall–Kier alpha value is -1.86. The molecule has 0 aromatic heterocycles. The Labute approximate surface area is 97.8 Å². The van der Waals surface area contributed by atoms with E-state index < -0.39 is 10.7 Å². The number of aliphatic hydroxyl groups is 2. The second-order valence-corrected chi connectivity index (χ2v) is 3.69. The maximum absolute atomic E-state index is 10.7. The Morgan fingerprint density at radius 3 is 2.65 bits per heavy atom. The molecule has 0 saturated heterocycles. The largest absolute Gasteiger partial charge is 0.488 e. The molecule has 0 aliphatic carbocycles. The number of nitrogens with zero attached hydrogens (tertiary/aromatic N) is 1. The summed E-state index contributed by atoms with van der Waals surface area (Å²) in [7, 11) is 1.55. The second kappa shape index (κ2) is 4.98. The topological polar surface area (TPSA) is 105 Å². The highest BCUT2D eigenvalue weighted by Gasteiger charge is 2.18. The van der Waals surface area contributed by atoms with Crippen LogP contribution in [0.3, 0.4) is 0 Å². The lowest BCUT2D eigenvalue weighted by Gasteiger charge is -2.16. The van der Waals surface area contributed by atoms with Gasteiger partial charge in [-0.05, 0) is 13.0 Å².